The van der Waals surface area contributed by atoms with Crippen molar-refractivity contribution in [1.29, 1.82) is 0 Å². The zero-order chi connectivity index (χ0) is 19.7. The zero-order valence-electron chi connectivity index (χ0n) is 15.3. The molecule has 0 radical (unpaired) electrons. The summed E-state index contributed by atoms with van der Waals surface area (Å²) in [5, 5.41) is 12.7. The van der Waals surface area contributed by atoms with Crippen LogP contribution in [0.2, 0.25) is 0 Å². The van der Waals surface area contributed by atoms with Crippen molar-refractivity contribution >= 4 is 51.2 Å². The van der Waals surface area contributed by atoms with Gasteiger partial charge in [-0.3, -0.25) is 9.59 Å². The number of hydrogen-bond acceptors (Lipinski definition) is 6. The van der Waals surface area contributed by atoms with Crippen LogP contribution in [0.15, 0.2) is 53.7 Å². The summed E-state index contributed by atoms with van der Waals surface area (Å²) in [6.45, 7) is 1.50. The lowest BCUT2D eigenvalue weighted by Crippen LogP contribution is -2.14. The van der Waals surface area contributed by atoms with Gasteiger partial charge in [0, 0.05) is 23.7 Å². The van der Waals surface area contributed by atoms with Gasteiger partial charge in [-0.25, -0.2) is 4.98 Å². The Hall–Kier alpha value is -3.26. The Labute approximate surface area is 165 Å². The molecule has 2 aromatic heterocycles. The Morgan fingerprint density at radius 3 is 2.57 bits per heavy atom. The minimum Gasteiger partial charge on any atom is -0.327 e. The van der Waals surface area contributed by atoms with E-state index in [2.05, 4.69) is 20.5 Å². The van der Waals surface area contributed by atoms with Crippen molar-refractivity contribution in [2.45, 2.75) is 12.1 Å². The average molecular weight is 391 g/mol. The maximum absolute atomic E-state index is 12.2. The fourth-order valence-corrected chi connectivity index (χ4v) is 3.55. The molecule has 1 amide bonds. The highest BCUT2D eigenvalue weighted by Gasteiger charge is 2.13. The molecule has 0 spiro atoms. The molecular formula is C20H17N5O2S. The number of aromatic nitrogens is 4. The van der Waals surface area contributed by atoms with Crippen LogP contribution in [0, 0.1) is 0 Å². The van der Waals surface area contributed by atoms with Gasteiger partial charge in [-0.1, -0.05) is 30.0 Å². The molecule has 0 aliphatic carbocycles. The van der Waals surface area contributed by atoms with E-state index in [1.807, 2.05) is 35.9 Å². The summed E-state index contributed by atoms with van der Waals surface area (Å²) in [5.74, 6) is -0.0332. The van der Waals surface area contributed by atoms with E-state index in [1.54, 1.807) is 24.3 Å². The molecule has 2 aromatic carbocycles. The molecule has 7 nitrogen and oxygen atoms in total. The number of nitrogens with zero attached hydrogens (tertiary/aromatic N) is 4. The van der Waals surface area contributed by atoms with E-state index in [9.17, 15) is 9.59 Å². The number of carbonyl (C=O) groups excluding carboxylic acids is 2. The monoisotopic (exact) mass is 391 g/mol. The third-order valence-electron chi connectivity index (χ3n) is 4.39. The number of rotatable bonds is 5. The summed E-state index contributed by atoms with van der Waals surface area (Å²) >= 11 is 1.23. The lowest BCUT2D eigenvalue weighted by atomic mass is 10.1. The molecule has 4 rings (SSSR count). The molecule has 140 valence electrons. The number of carbonyl (C=O) groups is 2. The van der Waals surface area contributed by atoms with Crippen LogP contribution < -0.4 is 5.32 Å². The van der Waals surface area contributed by atoms with Gasteiger partial charge in [0.1, 0.15) is 5.52 Å². The summed E-state index contributed by atoms with van der Waals surface area (Å²) < 4.78 is 1.97. The number of aryl methyl sites for hydroxylation is 1. The number of Topliss-reactive ketones (excluding diaryl/α,β-unsaturated/α-hetero) is 1. The molecule has 2 heterocycles. The molecule has 8 heteroatoms. The fraction of sp³-hybridized carbons (Fsp3) is 0.150. The van der Waals surface area contributed by atoms with E-state index < -0.39 is 0 Å². The van der Waals surface area contributed by atoms with Crippen LogP contribution in [0.3, 0.4) is 0 Å². The van der Waals surface area contributed by atoms with Crippen LogP contribution in [0.25, 0.3) is 22.1 Å². The number of ketones is 1. The van der Waals surface area contributed by atoms with E-state index in [1.165, 1.54) is 18.7 Å². The van der Waals surface area contributed by atoms with E-state index in [0.717, 1.165) is 22.1 Å². The van der Waals surface area contributed by atoms with Crippen molar-refractivity contribution < 1.29 is 9.59 Å². The lowest BCUT2D eigenvalue weighted by Gasteiger charge is -2.05. The predicted octanol–water partition coefficient (Wildman–Crippen LogP) is 3.45. The Balaban J connectivity index is 1.46. The van der Waals surface area contributed by atoms with E-state index in [4.69, 9.17) is 0 Å². The topological polar surface area (TPSA) is 89.8 Å². The van der Waals surface area contributed by atoms with Crippen LogP contribution in [-0.4, -0.2) is 37.2 Å². The molecule has 28 heavy (non-hydrogen) atoms. The van der Waals surface area contributed by atoms with Gasteiger partial charge in [0.25, 0.3) is 0 Å². The summed E-state index contributed by atoms with van der Waals surface area (Å²) in [7, 11) is 1.94. The third-order valence-corrected chi connectivity index (χ3v) is 5.23. The van der Waals surface area contributed by atoms with E-state index >= 15 is 0 Å². The normalized spacial score (nSPS) is 11.1. The Morgan fingerprint density at radius 1 is 1.07 bits per heavy atom. The first-order valence-corrected chi connectivity index (χ1v) is 9.63. The predicted molar refractivity (Wildman–Crippen MR) is 110 cm³/mol. The SMILES string of the molecule is CC(=O)c1ccc(NC(=O)CSc2nnc3c4ccccc4n(C)c3n2)cc1. The van der Waals surface area contributed by atoms with E-state index in [-0.39, 0.29) is 17.4 Å². The number of nitrogens with one attached hydrogen (secondary N) is 1. The fourth-order valence-electron chi connectivity index (χ4n) is 2.97. The average Bonchev–Trinajstić information content (AvgIpc) is 2.99. The third kappa shape index (κ3) is 3.46. The molecule has 4 aromatic rings. The van der Waals surface area contributed by atoms with Gasteiger partial charge in [-0.15, -0.1) is 10.2 Å². The molecule has 0 aliphatic rings. The maximum atomic E-state index is 12.2. The molecule has 0 saturated heterocycles. The molecular weight excluding hydrogens is 374 g/mol. The first kappa shape index (κ1) is 18.1. The van der Waals surface area contributed by atoms with Crippen molar-refractivity contribution in [3.05, 3.63) is 54.1 Å². The highest BCUT2D eigenvalue weighted by molar-refractivity contribution is 7.99. The minimum atomic E-state index is -0.179. The number of amides is 1. The Morgan fingerprint density at radius 2 is 1.82 bits per heavy atom. The second kappa shape index (κ2) is 7.40. The maximum Gasteiger partial charge on any atom is 0.234 e. The highest BCUT2D eigenvalue weighted by atomic mass is 32.2. The molecule has 0 atom stereocenters. The smallest absolute Gasteiger partial charge is 0.234 e. The molecule has 0 aliphatic heterocycles. The number of anilines is 1. The summed E-state index contributed by atoms with van der Waals surface area (Å²) in [6, 6.07) is 14.7. The zero-order valence-corrected chi connectivity index (χ0v) is 16.2. The molecule has 0 saturated carbocycles. The quantitative estimate of drug-likeness (QED) is 0.414. The van der Waals surface area contributed by atoms with Crippen molar-refractivity contribution in [3.8, 4) is 0 Å². The van der Waals surface area contributed by atoms with Crippen LogP contribution in [0.5, 0.6) is 0 Å². The number of benzene rings is 2. The standard InChI is InChI=1S/C20H17N5O2S/c1-12(26)13-7-9-14(10-8-13)21-17(27)11-28-20-22-19-18(23-24-20)15-5-3-4-6-16(15)25(19)2/h3-10H,11H2,1-2H3,(H,21,27). The number of fused-ring (bicyclic) bond motifs is 3. The van der Waals surface area contributed by atoms with Gasteiger partial charge < -0.3 is 9.88 Å². The van der Waals surface area contributed by atoms with Crippen LogP contribution >= 0.6 is 11.8 Å². The van der Waals surface area contributed by atoms with Crippen molar-refractivity contribution in [2.75, 3.05) is 11.1 Å². The Kier molecular flexibility index (Phi) is 4.79. The number of para-hydroxylation sites is 1. The van der Waals surface area contributed by atoms with Gasteiger partial charge in [-0.2, -0.15) is 0 Å². The largest absolute Gasteiger partial charge is 0.327 e. The molecule has 1 N–H and O–H groups in total. The lowest BCUT2D eigenvalue weighted by molar-refractivity contribution is -0.113. The van der Waals surface area contributed by atoms with Crippen LogP contribution in [-0.2, 0) is 11.8 Å². The second-order valence-corrected chi connectivity index (χ2v) is 7.26. The Bertz CT molecular complexity index is 1200. The molecule has 0 bridgehead atoms. The summed E-state index contributed by atoms with van der Waals surface area (Å²) in [6.07, 6.45) is 0. The van der Waals surface area contributed by atoms with Gasteiger partial charge in [0.2, 0.25) is 11.1 Å². The summed E-state index contributed by atoms with van der Waals surface area (Å²) in [5.41, 5.74) is 3.76. The van der Waals surface area contributed by atoms with Crippen molar-refractivity contribution in [2.24, 2.45) is 7.05 Å². The van der Waals surface area contributed by atoms with Crippen LogP contribution in [0.1, 0.15) is 17.3 Å². The van der Waals surface area contributed by atoms with Gasteiger partial charge in [0.15, 0.2) is 11.4 Å². The van der Waals surface area contributed by atoms with Crippen molar-refractivity contribution in [3.63, 3.8) is 0 Å². The second-order valence-electron chi connectivity index (χ2n) is 6.31. The van der Waals surface area contributed by atoms with E-state index in [0.29, 0.717) is 16.4 Å². The highest BCUT2D eigenvalue weighted by Crippen LogP contribution is 2.25. The number of thioether (sulfide) groups is 1. The molecule has 0 unspecified atom stereocenters. The van der Waals surface area contributed by atoms with Gasteiger partial charge in [0.05, 0.1) is 11.3 Å². The van der Waals surface area contributed by atoms with Crippen LogP contribution in [0.4, 0.5) is 5.69 Å². The summed E-state index contributed by atoms with van der Waals surface area (Å²) in [4.78, 5) is 28.1. The van der Waals surface area contributed by atoms with Gasteiger partial charge >= 0.3 is 0 Å². The van der Waals surface area contributed by atoms with Crippen molar-refractivity contribution in [1.82, 2.24) is 19.7 Å². The first-order valence-electron chi connectivity index (χ1n) is 8.64. The van der Waals surface area contributed by atoms with Gasteiger partial charge in [-0.05, 0) is 37.3 Å². The molecule has 0 fully saturated rings. The number of hydrogen-bond donors (Lipinski definition) is 1. The minimum absolute atomic E-state index is 0.0122. The first-order chi connectivity index (χ1) is 13.5.